The van der Waals surface area contributed by atoms with Crippen LogP contribution in [0.4, 0.5) is 0 Å². The molecule has 0 amide bonds. The Labute approximate surface area is 162 Å². The summed E-state index contributed by atoms with van der Waals surface area (Å²) in [5.41, 5.74) is -0.986. The summed E-state index contributed by atoms with van der Waals surface area (Å²) in [6, 6.07) is 11.4. The van der Waals surface area contributed by atoms with Crippen LogP contribution in [0.25, 0.3) is 0 Å². The van der Waals surface area contributed by atoms with Crippen molar-refractivity contribution in [1.82, 2.24) is 0 Å². The van der Waals surface area contributed by atoms with Crippen molar-refractivity contribution >= 4 is 23.4 Å². The molecule has 0 aliphatic heterocycles. The molecule has 2 aromatic rings. The second kappa shape index (κ2) is 8.77. The third-order valence-corrected chi connectivity index (χ3v) is 3.97. The lowest BCUT2D eigenvalue weighted by atomic mass is 10.1. The van der Waals surface area contributed by atoms with Crippen LogP contribution in [-0.2, 0) is 9.53 Å². The van der Waals surface area contributed by atoms with E-state index < -0.39 is 24.0 Å². The van der Waals surface area contributed by atoms with Crippen molar-refractivity contribution < 1.29 is 28.5 Å². The maximum atomic E-state index is 12.4. The van der Waals surface area contributed by atoms with Gasteiger partial charge in [0.2, 0.25) is 5.78 Å². The van der Waals surface area contributed by atoms with Gasteiger partial charge < -0.3 is 18.9 Å². The third-order valence-electron chi connectivity index (χ3n) is 3.72. The van der Waals surface area contributed by atoms with E-state index in [1.54, 1.807) is 56.3 Å². The van der Waals surface area contributed by atoms with Crippen molar-refractivity contribution in [2.75, 3.05) is 20.8 Å². The molecule has 0 spiro atoms. The number of ether oxygens (including phenoxy) is 4. The largest absolute Gasteiger partial charge is 0.497 e. The topological polar surface area (TPSA) is 71.1 Å². The number of methoxy groups -OCH3 is 2. The summed E-state index contributed by atoms with van der Waals surface area (Å²) < 4.78 is 21.1. The minimum absolute atomic E-state index is 0.294. The molecule has 6 nitrogen and oxygen atoms in total. The molecular weight excluding hydrogens is 372 g/mol. The lowest BCUT2D eigenvalue weighted by Gasteiger charge is -2.24. The highest BCUT2D eigenvalue weighted by Crippen LogP contribution is 2.25. The molecule has 2 aromatic carbocycles. The van der Waals surface area contributed by atoms with Crippen LogP contribution in [0.2, 0.25) is 5.02 Å². The van der Waals surface area contributed by atoms with E-state index in [9.17, 15) is 9.59 Å². The molecule has 0 aromatic heterocycles. The highest BCUT2D eigenvalue weighted by molar-refractivity contribution is 6.30. The Kier molecular flexibility index (Phi) is 6.69. The molecule has 0 saturated heterocycles. The maximum Gasteiger partial charge on any atom is 0.350 e. The van der Waals surface area contributed by atoms with Crippen LogP contribution in [0, 0.1) is 0 Å². The summed E-state index contributed by atoms with van der Waals surface area (Å²) in [6.45, 7) is 2.68. The normalized spacial score (nSPS) is 10.9. The van der Waals surface area contributed by atoms with E-state index in [1.165, 1.54) is 14.2 Å². The van der Waals surface area contributed by atoms with Gasteiger partial charge in [-0.05, 0) is 50.2 Å². The molecule has 0 bridgehead atoms. The minimum Gasteiger partial charge on any atom is -0.497 e. The van der Waals surface area contributed by atoms with Gasteiger partial charge in [-0.3, -0.25) is 4.79 Å². The summed E-state index contributed by atoms with van der Waals surface area (Å²) in [4.78, 5) is 24.7. The minimum atomic E-state index is -1.28. The highest BCUT2D eigenvalue weighted by atomic mass is 35.5. The fraction of sp³-hybridized carbons (Fsp3) is 0.300. The molecule has 0 unspecified atom stereocenters. The standard InChI is InChI=1S/C20H21ClO6/c1-20(2,27-14-7-5-13(21)6-8-14)19(23)26-12-17(22)16-10-9-15(24-3)11-18(16)25-4/h5-11H,12H2,1-4H3. The van der Waals surface area contributed by atoms with Crippen LogP contribution >= 0.6 is 11.6 Å². The van der Waals surface area contributed by atoms with E-state index in [4.69, 9.17) is 30.5 Å². The molecule has 0 radical (unpaired) electrons. The van der Waals surface area contributed by atoms with Gasteiger partial charge in [-0.25, -0.2) is 4.79 Å². The summed E-state index contributed by atoms with van der Waals surface area (Å²) in [6.07, 6.45) is 0. The first-order valence-electron chi connectivity index (χ1n) is 8.14. The first kappa shape index (κ1) is 20.6. The number of ketones is 1. The summed E-state index contributed by atoms with van der Waals surface area (Å²) in [7, 11) is 2.96. The van der Waals surface area contributed by atoms with Crippen LogP contribution in [0.15, 0.2) is 42.5 Å². The smallest absolute Gasteiger partial charge is 0.350 e. The first-order chi connectivity index (χ1) is 12.8. The quantitative estimate of drug-likeness (QED) is 0.500. The van der Waals surface area contributed by atoms with E-state index in [0.29, 0.717) is 27.8 Å². The summed E-state index contributed by atoms with van der Waals surface area (Å²) in [5.74, 6) is 0.290. The molecule has 0 fully saturated rings. The zero-order chi connectivity index (χ0) is 20.0. The zero-order valence-corrected chi connectivity index (χ0v) is 16.3. The van der Waals surface area contributed by atoms with Crippen molar-refractivity contribution in [3.05, 3.63) is 53.1 Å². The van der Waals surface area contributed by atoms with Gasteiger partial charge in [-0.15, -0.1) is 0 Å². The molecule has 2 rings (SSSR count). The summed E-state index contributed by atoms with van der Waals surface area (Å²) >= 11 is 5.83. The van der Waals surface area contributed by atoms with E-state index >= 15 is 0 Å². The van der Waals surface area contributed by atoms with E-state index in [1.807, 2.05) is 0 Å². The molecular formula is C20H21ClO6. The Hall–Kier alpha value is -2.73. The number of esters is 1. The average molecular weight is 393 g/mol. The molecule has 144 valence electrons. The van der Waals surface area contributed by atoms with E-state index in [-0.39, 0.29) is 0 Å². The second-order valence-electron chi connectivity index (χ2n) is 6.13. The van der Waals surface area contributed by atoms with Crippen molar-refractivity contribution in [3.63, 3.8) is 0 Å². The molecule has 7 heteroatoms. The number of carbonyl (C=O) groups is 2. The van der Waals surface area contributed by atoms with Crippen LogP contribution < -0.4 is 14.2 Å². The lowest BCUT2D eigenvalue weighted by molar-refractivity contribution is -0.158. The molecule has 0 aliphatic carbocycles. The number of carbonyl (C=O) groups excluding carboxylic acids is 2. The van der Waals surface area contributed by atoms with Crippen molar-refractivity contribution in [3.8, 4) is 17.2 Å². The number of hydrogen-bond donors (Lipinski definition) is 0. The second-order valence-corrected chi connectivity index (χ2v) is 6.57. The zero-order valence-electron chi connectivity index (χ0n) is 15.6. The molecule has 0 aliphatic rings. The fourth-order valence-electron chi connectivity index (χ4n) is 2.25. The van der Waals surface area contributed by atoms with Gasteiger partial charge in [0.15, 0.2) is 12.2 Å². The van der Waals surface area contributed by atoms with Gasteiger partial charge in [0.05, 0.1) is 19.8 Å². The predicted molar refractivity (Wildman–Crippen MR) is 101 cm³/mol. The third kappa shape index (κ3) is 5.37. The van der Waals surface area contributed by atoms with Crippen molar-refractivity contribution in [2.45, 2.75) is 19.4 Å². The Balaban J connectivity index is 2.01. The van der Waals surface area contributed by atoms with Crippen molar-refractivity contribution in [1.29, 1.82) is 0 Å². The van der Waals surface area contributed by atoms with Crippen LogP contribution in [-0.4, -0.2) is 38.2 Å². The van der Waals surface area contributed by atoms with Gasteiger partial charge in [0.1, 0.15) is 17.2 Å². The average Bonchev–Trinajstić information content (AvgIpc) is 2.66. The number of rotatable bonds is 8. The lowest BCUT2D eigenvalue weighted by Crippen LogP contribution is -2.40. The predicted octanol–water partition coefficient (Wildman–Crippen LogP) is 3.94. The van der Waals surface area contributed by atoms with E-state index in [2.05, 4.69) is 0 Å². The van der Waals surface area contributed by atoms with E-state index in [0.717, 1.165) is 0 Å². The highest BCUT2D eigenvalue weighted by Gasteiger charge is 2.32. The maximum absolute atomic E-state index is 12.4. The number of Topliss-reactive ketones (excluding diaryl/α,β-unsaturated/α-hetero) is 1. The summed E-state index contributed by atoms with van der Waals surface area (Å²) in [5, 5.41) is 0.557. The Morgan fingerprint density at radius 3 is 2.19 bits per heavy atom. The molecule has 0 heterocycles. The molecule has 0 N–H and O–H groups in total. The Morgan fingerprint density at radius 1 is 0.963 bits per heavy atom. The molecule has 0 atom stereocenters. The van der Waals surface area contributed by atoms with Gasteiger partial charge in [0.25, 0.3) is 0 Å². The number of halogens is 1. The first-order valence-corrected chi connectivity index (χ1v) is 8.51. The SMILES string of the molecule is COc1ccc(C(=O)COC(=O)C(C)(C)Oc2ccc(Cl)cc2)c(OC)c1. The number of benzene rings is 2. The van der Waals surface area contributed by atoms with Gasteiger partial charge in [0, 0.05) is 11.1 Å². The van der Waals surface area contributed by atoms with Crippen LogP contribution in [0.1, 0.15) is 24.2 Å². The Bertz CT molecular complexity index is 814. The van der Waals surface area contributed by atoms with Gasteiger partial charge >= 0.3 is 5.97 Å². The van der Waals surface area contributed by atoms with Gasteiger partial charge in [-0.1, -0.05) is 11.6 Å². The molecule has 27 heavy (non-hydrogen) atoms. The molecule has 0 saturated carbocycles. The monoisotopic (exact) mass is 392 g/mol. The van der Waals surface area contributed by atoms with Crippen LogP contribution in [0.3, 0.4) is 0 Å². The van der Waals surface area contributed by atoms with Crippen LogP contribution in [0.5, 0.6) is 17.2 Å². The van der Waals surface area contributed by atoms with Crippen molar-refractivity contribution in [2.24, 2.45) is 0 Å². The number of hydrogen-bond acceptors (Lipinski definition) is 6. The fourth-order valence-corrected chi connectivity index (χ4v) is 2.38. The van der Waals surface area contributed by atoms with Gasteiger partial charge in [-0.2, -0.15) is 0 Å². The Morgan fingerprint density at radius 2 is 1.59 bits per heavy atom.